The van der Waals surface area contributed by atoms with Gasteiger partial charge in [-0.1, -0.05) is 13.8 Å². The summed E-state index contributed by atoms with van der Waals surface area (Å²) in [6.45, 7) is 6.08. The summed E-state index contributed by atoms with van der Waals surface area (Å²) in [6, 6.07) is 0.536. The average Bonchev–Trinajstić information content (AvgIpc) is 2.57. The SMILES string of the molecule is CCNCc1nnnn1C1CC(C)C1. The first-order valence-corrected chi connectivity index (χ1v) is 5.28. The van der Waals surface area contributed by atoms with Gasteiger partial charge in [0.1, 0.15) is 0 Å². The van der Waals surface area contributed by atoms with Gasteiger partial charge in [0.25, 0.3) is 0 Å². The Morgan fingerprint density at radius 3 is 2.93 bits per heavy atom. The quantitative estimate of drug-likeness (QED) is 0.770. The minimum Gasteiger partial charge on any atom is -0.310 e. The van der Waals surface area contributed by atoms with Gasteiger partial charge in [-0.2, -0.15) is 0 Å². The summed E-state index contributed by atoms with van der Waals surface area (Å²) in [4.78, 5) is 0. The monoisotopic (exact) mass is 195 g/mol. The molecule has 0 atom stereocenters. The van der Waals surface area contributed by atoms with E-state index in [0.717, 1.165) is 24.8 Å². The Bertz CT molecular complexity index is 289. The first-order chi connectivity index (χ1) is 6.81. The first-order valence-electron chi connectivity index (χ1n) is 5.28. The molecule has 1 N–H and O–H groups in total. The van der Waals surface area contributed by atoms with Crippen LogP contribution < -0.4 is 5.32 Å². The molecule has 2 rings (SSSR count). The minimum atomic E-state index is 0.536. The molecule has 0 radical (unpaired) electrons. The maximum Gasteiger partial charge on any atom is 0.165 e. The molecule has 0 bridgehead atoms. The van der Waals surface area contributed by atoms with E-state index in [1.807, 2.05) is 4.68 Å². The lowest BCUT2D eigenvalue weighted by Crippen LogP contribution is -2.28. The van der Waals surface area contributed by atoms with Gasteiger partial charge in [-0.25, -0.2) is 4.68 Å². The van der Waals surface area contributed by atoms with Crippen LogP contribution in [0.15, 0.2) is 0 Å². The zero-order chi connectivity index (χ0) is 9.97. The highest BCUT2D eigenvalue weighted by molar-refractivity contribution is 4.89. The van der Waals surface area contributed by atoms with Gasteiger partial charge in [-0.05, 0) is 35.7 Å². The molecule has 1 aliphatic rings. The molecular weight excluding hydrogens is 178 g/mol. The lowest BCUT2D eigenvalue weighted by atomic mass is 9.82. The van der Waals surface area contributed by atoms with Crippen molar-refractivity contribution in [2.24, 2.45) is 5.92 Å². The van der Waals surface area contributed by atoms with Crippen molar-refractivity contribution >= 4 is 0 Å². The van der Waals surface area contributed by atoms with E-state index in [1.54, 1.807) is 0 Å². The number of nitrogens with zero attached hydrogens (tertiary/aromatic N) is 4. The van der Waals surface area contributed by atoms with Gasteiger partial charge in [-0.3, -0.25) is 0 Å². The van der Waals surface area contributed by atoms with Gasteiger partial charge < -0.3 is 5.32 Å². The summed E-state index contributed by atoms with van der Waals surface area (Å²) in [5, 5.41) is 15.0. The third-order valence-electron chi connectivity index (χ3n) is 2.79. The van der Waals surface area contributed by atoms with Gasteiger partial charge in [0.2, 0.25) is 0 Å². The van der Waals surface area contributed by atoms with Crippen molar-refractivity contribution in [2.45, 2.75) is 39.3 Å². The van der Waals surface area contributed by atoms with E-state index in [1.165, 1.54) is 12.8 Å². The number of aromatic nitrogens is 4. The molecule has 0 aromatic carbocycles. The van der Waals surface area contributed by atoms with Crippen LogP contribution >= 0.6 is 0 Å². The van der Waals surface area contributed by atoms with Gasteiger partial charge in [0.05, 0.1) is 12.6 Å². The van der Waals surface area contributed by atoms with Crippen molar-refractivity contribution in [1.29, 1.82) is 0 Å². The van der Waals surface area contributed by atoms with Crippen molar-refractivity contribution < 1.29 is 0 Å². The summed E-state index contributed by atoms with van der Waals surface area (Å²) in [5.74, 6) is 1.79. The number of rotatable bonds is 4. The van der Waals surface area contributed by atoms with Crippen LogP contribution in [-0.4, -0.2) is 26.8 Å². The second kappa shape index (κ2) is 4.04. The normalized spacial score (nSPS) is 26.1. The molecule has 5 nitrogen and oxygen atoms in total. The van der Waals surface area contributed by atoms with Crippen molar-refractivity contribution in [3.05, 3.63) is 5.82 Å². The number of hydrogen-bond acceptors (Lipinski definition) is 4. The molecule has 1 aromatic heterocycles. The Kier molecular flexibility index (Phi) is 2.77. The van der Waals surface area contributed by atoms with Crippen molar-refractivity contribution in [3.8, 4) is 0 Å². The first kappa shape index (κ1) is 9.58. The summed E-state index contributed by atoms with van der Waals surface area (Å²) in [6.07, 6.45) is 2.42. The highest BCUT2D eigenvalue weighted by Crippen LogP contribution is 2.36. The molecule has 0 spiro atoms. The van der Waals surface area contributed by atoms with Crippen LogP contribution in [-0.2, 0) is 6.54 Å². The molecule has 0 aliphatic heterocycles. The van der Waals surface area contributed by atoms with Gasteiger partial charge in [0, 0.05) is 0 Å². The van der Waals surface area contributed by atoms with Crippen LogP contribution in [0.25, 0.3) is 0 Å². The predicted molar refractivity (Wildman–Crippen MR) is 52.6 cm³/mol. The molecular formula is C9H17N5. The lowest BCUT2D eigenvalue weighted by Gasteiger charge is -2.32. The lowest BCUT2D eigenvalue weighted by molar-refractivity contribution is 0.192. The molecule has 1 aliphatic carbocycles. The summed E-state index contributed by atoms with van der Waals surface area (Å²) in [7, 11) is 0. The van der Waals surface area contributed by atoms with Crippen molar-refractivity contribution in [2.75, 3.05) is 6.54 Å². The minimum absolute atomic E-state index is 0.536. The van der Waals surface area contributed by atoms with Crippen LogP contribution in [0.3, 0.4) is 0 Å². The average molecular weight is 195 g/mol. The molecule has 14 heavy (non-hydrogen) atoms. The molecule has 1 heterocycles. The Labute approximate surface area is 83.9 Å². The summed E-state index contributed by atoms with van der Waals surface area (Å²) < 4.78 is 1.97. The Morgan fingerprint density at radius 2 is 2.29 bits per heavy atom. The zero-order valence-electron chi connectivity index (χ0n) is 8.77. The molecule has 0 unspecified atom stereocenters. The number of nitrogens with one attached hydrogen (secondary N) is 1. The fourth-order valence-corrected chi connectivity index (χ4v) is 1.91. The highest BCUT2D eigenvalue weighted by atomic mass is 15.6. The van der Waals surface area contributed by atoms with Crippen molar-refractivity contribution in [3.63, 3.8) is 0 Å². The molecule has 5 heteroatoms. The predicted octanol–water partition coefficient (Wildman–Crippen LogP) is 0.754. The van der Waals surface area contributed by atoms with Crippen molar-refractivity contribution in [1.82, 2.24) is 25.5 Å². The third kappa shape index (κ3) is 1.77. The molecule has 0 amide bonds. The van der Waals surface area contributed by atoms with E-state index in [2.05, 4.69) is 34.7 Å². The smallest absolute Gasteiger partial charge is 0.165 e. The Balaban J connectivity index is 1.99. The van der Waals surface area contributed by atoms with E-state index in [4.69, 9.17) is 0 Å². The molecule has 1 aromatic rings. The zero-order valence-corrected chi connectivity index (χ0v) is 8.77. The van der Waals surface area contributed by atoms with Crippen LogP contribution in [0.5, 0.6) is 0 Å². The Morgan fingerprint density at radius 1 is 1.50 bits per heavy atom. The second-order valence-electron chi connectivity index (χ2n) is 4.05. The van der Waals surface area contributed by atoms with E-state index < -0.39 is 0 Å². The third-order valence-corrected chi connectivity index (χ3v) is 2.79. The second-order valence-corrected chi connectivity index (χ2v) is 4.05. The largest absolute Gasteiger partial charge is 0.310 e. The fraction of sp³-hybridized carbons (Fsp3) is 0.889. The van der Waals surface area contributed by atoms with E-state index in [-0.39, 0.29) is 0 Å². The number of hydrogen-bond donors (Lipinski definition) is 1. The van der Waals surface area contributed by atoms with Gasteiger partial charge in [-0.15, -0.1) is 5.10 Å². The van der Waals surface area contributed by atoms with Crippen LogP contribution in [0.4, 0.5) is 0 Å². The maximum absolute atomic E-state index is 4.04. The molecule has 0 saturated heterocycles. The van der Waals surface area contributed by atoms with E-state index in [9.17, 15) is 0 Å². The summed E-state index contributed by atoms with van der Waals surface area (Å²) in [5.41, 5.74) is 0. The number of tetrazole rings is 1. The van der Waals surface area contributed by atoms with E-state index >= 15 is 0 Å². The van der Waals surface area contributed by atoms with Crippen LogP contribution in [0, 0.1) is 5.92 Å². The standard InChI is InChI=1S/C9H17N5/c1-3-10-6-9-11-12-13-14(9)8-4-7(2)5-8/h7-8,10H,3-6H2,1-2H3. The fourth-order valence-electron chi connectivity index (χ4n) is 1.91. The molecule has 78 valence electrons. The molecule has 1 saturated carbocycles. The molecule has 1 fully saturated rings. The van der Waals surface area contributed by atoms with Crippen LogP contribution in [0.1, 0.15) is 38.6 Å². The highest BCUT2D eigenvalue weighted by Gasteiger charge is 2.29. The van der Waals surface area contributed by atoms with Gasteiger partial charge >= 0.3 is 0 Å². The summed E-state index contributed by atoms with van der Waals surface area (Å²) >= 11 is 0. The Hall–Kier alpha value is -0.970. The van der Waals surface area contributed by atoms with Crippen LogP contribution in [0.2, 0.25) is 0 Å². The topological polar surface area (TPSA) is 55.6 Å². The maximum atomic E-state index is 4.04. The van der Waals surface area contributed by atoms with Gasteiger partial charge in [0.15, 0.2) is 5.82 Å². The van der Waals surface area contributed by atoms with E-state index in [0.29, 0.717) is 6.04 Å².